The molecule has 5 rings (SSSR count). The van der Waals surface area contributed by atoms with Crippen LogP contribution in [0, 0.1) is 0 Å². The Bertz CT molecular complexity index is 876. The Morgan fingerprint density at radius 3 is 2.77 bits per heavy atom. The average molecular weight is 425 g/mol. The highest BCUT2D eigenvalue weighted by Gasteiger charge is 2.27. The van der Waals surface area contributed by atoms with Crippen molar-refractivity contribution in [2.75, 3.05) is 42.3 Å². The van der Waals surface area contributed by atoms with E-state index in [9.17, 15) is 0 Å². The highest BCUT2D eigenvalue weighted by atomic mass is 32.2. The number of aromatic nitrogens is 2. The van der Waals surface area contributed by atoms with Gasteiger partial charge in [-0.3, -0.25) is 0 Å². The molecule has 0 aliphatic carbocycles. The minimum absolute atomic E-state index is 0.461. The summed E-state index contributed by atoms with van der Waals surface area (Å²) in [7, 11) is 0. The molecular weight excluding hydrogens is 392 g/mol. The summed E-state index contributed by atoms with van der Waals surface area (Å²) in [4.78, 5) is 13.7. The molecule has 6 heteroatoms. The van der Waals surface area contributed by atoms with Crippen LogP contribution in [0.25, 0.3) is 0 Å². The van der Waals surface area contributed by atoms with Gasteiger partial charge in [0.1, 0.15) is 5.82 Å². The smallest absolute Gasteiger partial charge is 0.227 e. The summed E-state index contributed by atoms with van der Waals surface area (Å²) in [6.45, 7) is 5.99. The lowest BCUT2D eigenvalue weighted by Crippen LogP contribution is -2.35. The zero-order valence-electron chi connectivity index (χ0n) is 17.9. The maximum Gasteiger partial charge on any atom is 0.227 e. The van der Waals surface area contributed by atoms with Gasteiger partial charge < -0.3 is 15.0 Å². The predicted octanol–water partition coefficient (Wildman–Crippen LogP) is 4.66. The van der Waals surface area contributed by atoms with Crippen molar-refractivity contribution in [3.8, 4) is 0 Å². The van der Waals surface area contributed by atoms with E-state index in [4.69, 9.17) is 14.7 Å². The van der Waals surface area contributed by atoms with Crippen molar-refractivity contribution in [2.24, 2.45) is 0 Å². The fourth-order valence-corrected chi connectivity index (χ4v) is 5.86. The molecule has 2 saturated heterocycles. The first-order chi connectivity index (χ1) is 14.8. The van der Waals surface area contributed by atoms with Gasteiger partial charge in [0.25, 0.3) is 0 Å². The largest absolute Gasteiger partial charge is 0.381 e. The van der Waals surface area contributed by atoms with E-state index < -0.39 is 0 Å². The number of rotatable bonds is 5. The molecule has 5 nitrogen and oxygen atoms in total. The molecule has 0 atom stereocenters. The number of aryl methyl sites for hydroxylation is 2. The molecule has 1 aromatic heterocycles. The van der Waals surface area contributed by atoms with Gasteiger partial charge in [-0.25, -0.2) is 4.98 Å². The van der Waals surface area contributed by atoms with Crippen LogP contribution in [-0.2, 0) is 17.6 Å². The van der Waals surface area contributed by atoms with Crippen LogP contribution in [0.1, 0.15) is 55.3 Å². The average Bonchev–Trinajstić information content (AvgIpc) is 3.29. The van der Waals surface area contributed by atoms with Crippen molar-refractivity contribution in [1.29, 1.82) is 0 Å². The first-order valence-electron chi connectivity index (χ1n) is 11.5. The summed E-state index contributed by atoms with van der Waals surface area (Å²) in [5, 5.41) is 3.73. The number of fused-ring (bicyclic) bond motifs is 1. The number of hydrogen-bond acceptors (Lipinski definition) is 6. The fraction of sp³-hybridized carbons (Fsp3) is 0.583. The molecule has 0 amide bonds. The number of piperidine rings is 1. The van der Waals surface area contributed by atoms with Gasteiger partial charge in [-0.2, -0.15) is 4.98 Å². The lowest BCUT2D eigenvalue weighted by atomic mass is 9.88. The number of ether oxygens (including phenoxy) is 1. The van der Waals surface area contributed by atoms with Gasteiger partial charge in [-0.15, -0.1) is 11.8 Å². The summed E-state index contributed by atoms with van der Waals surface area (Å²) in [5.41, 5.74) is 4.18. The summed E-state index contributed by atoms with van der Waals surface area (Å²) < 4.78 is 5.52. The van der Waals surface area contributed by atoms with E-state index >= 15 is 0 Å². The monoisotopic (exact) mass is 424 g/mol. The van der Waals surface area contributed by atoms with Crippen molar-refractivity contribution in [1.82, 2.24) is 9.97 Å². The van der Waals surface area contributed by atoms with Crippen LogP contribution >= 0.6 is 11.8 Å². The van der Waals surface area contributed by atoms with Gasteiger partial charge in [0.15, 0.2) is 0 Å². The Morgan fingerprint density at radius 1 is 1.13 bits per heavy atom. The molecule has 2 fully saturated rings. The first-order valence-corrected chi connectivity index (χ1v) is 12.5. The first kappa shape index (κ1) is 20.1. The second kappa shape index (κ2) is 9.15. The zero-order valence-corrected chi connectivity index (χ0v) is 18.7. The summed E-state index contributed by atoms with van der Waals surface area (Å²) in [6.07, 6.45) is 6.62. The molecule has 30 heavy (non-hydrogen) atoms. The van der Waals surface area contributed by atoms with Gasteiger partial charge in [-0.05, 0) is 49.1 Å². The molecule has 2 aromatic rings. The molecule has 0 radical (unpaired) electrons. The van der Waals surface area contributed by atoms with Crippen molar-refractivity contribution in [3.05, 3.63) is 41.1 Å². The van der Waals surface area contributed by atoms with Crippen molar-refractivity contribution >= 4 is 23.5 Å². The minimum atomic E-state index is 0.461. The fourth-order valence-electron chi connectivity index (χ4n) is 4.81. The summed E-state index contributed by atoms with van der Waals surface area (Å²) in [6, 6.07) is 9.62. The highest BCUT2D eigenvalue weighted by molar-refractivity contribution is 7.99. The van der Waals surface area contributed by atoms with E-state index in [2.05, 4.69) is 41.4 Å². The van der Waals surface area contributed by atoms with Crippen LogP contribution in [0.2, 0.25) is 0 Å². The molecular formula is C24H32N4OS. The van der Waals surface area contributed by atoms with Gasteiger partial charge >= 0.3 is 0 Å². The number of nitrogens with one attached hydrogen (secondary N) is 1. The van der Waals surface area contributed by atoms with Gasteiger partial charge in [0, 0.05) is 44.5 Å². The van der Waals surface area contributed by atoms with E-state index in [1.807, 2.05) is 11.8 Å². The lowest BCUT2D eigenvalue weighted by Gasteiger charge is -2.33. The molecule has 0 saturated carbocycles. The van der Waals surface area contributed by atoms with Crippen LogP contribution in [0.5, 0.6) is 0 Å². The van der Waals surface area contributed by atoms with Crippen LogP contribution < -0.4 is 10.2 Å². The van der Waals surface area contributed by atoms with Crippen LogP contribution in [0.15, 0.2) is 29.2 Å². The maximum absolute atomic E-state index is 5.52. The Hall–Kier alpha value is -1.79. The maximum atomic E-state index is 5.52. The van der Waals surface area contributed by atoms with Crippen LogP contribution in [0.3, 0.4) is 0 Å². The highest BCUT2D eigenvalue weighted by Crippen LogP contribution is 2.38. The molecule has 1 N–H and O–H groups in total. The Kier molecular flexibility index (Phi) is 6.14. The molecule has 0 bridgehead atoms. The molecule has 0 unspecified atom stereocenters. The SMILES string of the molecule is CCc1cccc(C2CCN(c3nc4c(c(NC5CCOCC5)n3)SCC4)CC2)c1. The molecule has 4 heterocycles. The quantitative estimate of drug-likeness (QED) is 0.753. The number of nitrogens with zero attached hydrogens (tertiary/aromatic N) is 3. The van der Waals surface area contributed by atoms with Crippen molar-refractivity contribution in [3.63, 3.8) is 0 Å². The van der Waals surface area contributed by atoms with Gasteiger partial charge in [0.2, 0.25) is 5.95 Å². The van der Waals surface area contributed by atoms with Crippen LogP contribution in [0.4, 0.5) is 11.8 Å². The van der Waals surface area contributed by atoms with E-state index in [1.54, 1.807) is 0 Å². The molecule has 1 aromatic carbocycles. The minimum Gasteiger partial charge on any atom is -0.381 e. The second-order valence-corrected chi connectivity index (χ2v) is 9.74. The molecule has 3 aliphatic heterocycles. The Balaban J connectivity index is 1.30. The Labute approximate surface area is 184 Å². The van der Waals surface area contributed by atoms with E-state index in [1.165, 1.54) is 34.6 Å². The third-order valence-corrected chi connectivity index (χ3v) is 7.81. The van der Waals surface area contributed by atoms with Crippen molar-refractivity contribution in [2.45, 2.75) is 62.3 Å². The van der Waals surface area contributed by atoms with E-state index in [0.717, 1.165) is 69.5 Å². The van der Waals surface area contributed by atoms with E-state index in [-0.39, 0.29) is 0 Å². The number of hydrogen-bond donors (Lipinski definition) is 1. The standard InChI is InChI=1S/C24H32N4OS/c1-2-17-4-3-5-19(16-17)18-6-11-28(12-7-18)24-26-21-10-15-30-22(21)23(27-24)25-20-8-13-29-14-9-20/h3-5,16,18,20H,2,6-15H2,1H3,(H,25,26,27). The van der Waals surface area contributed by atoms with Crippen molar-refractivity contribution < 1.29 is 4.74 Å². The topological polar surface area (TPSA) is 50.3 Å². The second-order valence-electron chi connectivity index (χ2n) is 8.64. The van der Waals surface area contributed by atoms with Gasteiger partial charge in [0.05, 0.1) is 10.6 Å². The third kappa shape index (κ3) is 4.30. The van der Waals surface area contributed by atoms with Crippen LogP contribution in [-0.4, -0.2) is 48.1 Å². The number of anilines is 2. The lowest BCUT2D eigenvalue weighted by molar-refractivity contribution is 0.0903. The predicted molar refractivity (Wildman–Crippen MR) is 124 cm³/mol. The number of thioether (sulfide) groups is 1. The van der Waals surface area contributed by atoms with E-state index in [0.29, 0.717) is 12.0 Å². The molecule has 160 valence electrons. The molecule has 3 aliphatic rings. The third-order valence-electron chi connectivity index (χ3n) is 6.68. The summed E-state index contributed by atoms with van der Waals surface area (Å²) in [5.74, 6) is 3.75. The van der Waals surface area contributed by atoms with Gasteiger partial charge in [-0.1, -0.05) is 31.2 Å². The zero-order chi connectivity index (χ0) is 20.3. The molecule has 0 spiro atoms. The Morgan fingerprint density at radius 2 is 1.97 bits per heavy atom. The summed E-state index contributed by atoms with van der Waals surface area (Å²) >= 11 is 1.90. The number of benzene rings is 1. The normalized spacial score (nSPS) is 20.4.